The first-order chi connectivity index (χ1) is 15.6. The van der Waals surface area contributed by atoms with Crippen LogP contribution in [0.1, 0.15) is 11.5 Å². The fourth-order valence-electron chi connectivity index (χ4n) is 3.73. The number of nitro benzene ring substituents is 1. The zero-order valence-corrected chi connectivity index (χ0v) is 18.1. The summed E-state index contributed by atoms with van der Waals surface area (Å²) in [4.78, 5) is 19.6. The van der Waals surface area contributed by atoms with Crippen LogP contribution in [-0.4, -0.2) is 65.3 Å². The lowest BCUT2D eigenvalue weighted by atomic mass is 10.1. The predicted molar refractivity (Wildman–Crippen MR) is 116 cm³/mol. The van der Waals surface area contributed by atoms with Gasteiger partial charge in [0.15, 0.2) is 11.5 Å². The second kappa shape index (κ2) is 9.75. The van der Waals surface area contributed by atoms with Crippen molar-refractivity contribution < 1.29 is 18.9 Å². The fraction of sp³-hybridized carbons (Fsp3) is 0.364. The first-order valence-corrected chi connectivity index (χ1v) is 10.3. The van der Waals surface area contributed by atoms with Crippen LogP contribution in [0.4, 0.5) is 5.69 Å². The van der Waals surface area contributed by atoms with E-state index in [4.69, 9.17) is 14.0 Å². The highest BCUT2D eigenvalue weighted by Gasteiger charge is 2.20. The van der Waals surface area contributed by atoms with Crippen LogP contribution in [0, 0.1) is 10.1 Å². The van der Waals surface area contributed by atoms with E-state index in [1.807, 2.05) is 12.1 Å². The monoisotopic (exact) mass is 439 g/mol. The van der Waals surface area contributed by atoms with E-state index in [9.17, 15) is 10.1 Å². The number of rotatable bonds is 8. The molecule has 1 aliphatic rings. The topological polar surface area (TPSA) is 107 Å². The highest BCUT2D eigenvalue weighted by molar-refractivity contribution is 5.58. The lowest BCUT2D eigenvalue weighted by Gasteiger charge is -2.34. The molecule has 0 bridgehead atoms. The summed E-state index contributed by atoms with van der Waals surface area (Å²) in [6, 6.07) is 12.2. The molecule has 168 valence electrons. The zero-order chi connectivity index (χ0) is 22.5. The van der Waals surface area contributed by atoms with Gasteiger partial charge in [-0.3, -0.25) is 19.9 Å². The molecule has 0 N–H and O–H groups in total. The van der Waals surface area contributed by atoms with Crippen molar-refractivity contribution in [1.82, 2.24) is 19.9 Å². The Bertz CT molecular complexity index is 1080. The smallest absolute Gasteiger partial charge is 0.270 e. The lowest BCUT2D eigenvalue weighted by Crippen LogP contribution is -2.45. The van der Waals surface area contributed by atoms with Gasteiger partial charge in [-0.2, -0.15) is 4.98 Å². The Kier molecular flexibility index (Phi) is 6.62. The molecule has 2 heterocycles. The maximum absolute atomic E-state index is 11.0. The Morgan fingerprint density at radius 3 is 2.41 bits per heavy atom. The first-order valence-electron chi connectivity index (χ1n) is 10.3. The van der Waals surface area contributed by atoms with Gasteiger partial charge in [0.1, 0.15) is 0 Å². The van der Waals surface area contributed by atoms with Crippen molar-refractivity contribution in [3.05, 3.63) is 64.0 Å². The predicted octanol–water partition coefficient (Wildman–Crippen LogP) is 2.98. The van der Waals surface area contributed by atoms with Crippen LogP contribution in [0.15, 0.2) is 47.0 Å². The van der Waals surface area contributed by atoms with Crippen LogP contribution in [0.3, 0.4) is 0 Å². The summed E-state index contributed by atoms with van der Waals surface area (Å²) < 4.78 is 16.1. The molecule has 1 aromatic heterocycles. The van der Waals surface area contributed by atoms with E-state index in [2.05, 4.69) is 26.0 Å². The lowest BCUT2D eigenvalue weighted by molar-refractivity contribution is -0.384. The molecule has 10 heteroatoms. The second-order valence-corrected chi connectivity index (χ2v) is 7.56. The SMILES string of the molecule is COc1ccc(CN2CCN(Cc3nc(-c4cccc([N+](=O)[O-])c4)no3)CC2)cc1OC. The molecular weight excluding hydrogens is 414 g/mol. The van der Waals surface area contributed by atoms with E-state index >= 15 is 0 Å². The summed E-state index contributed by atoms with van der Waals surface area (Å²) in [5.74, 6) is 2.32. The van der Waals surface area contributed by atoms with Crippen LogP contribution in [0.25, 0.3) is 11.4 Å². The van der Waals surface area contributed by atoms with Gasteiger partial charge in [-0.05, 0) is 17.7 Å². The van der Waals surface area contributed by atoms with Crippen LogP contribution >= 0.6 is 0 Å². The second-order valence-electron chi connectivity index (χ2n) is 7.56. The number of nitrogens with zero attached hydrogens (tertiary/aromatic N) is 5. The largest absolute Gasteiger partial charge is 0.493 e. The van der Waals surface area contributed by atoms with Crippen molar-refractivity contribution in [3.8, 4) is 22.9 Å². The Hall–Kier alpha value is -3.50. The number of piperazine rings is 1. The van der Waals surface area contributed by atoms with E-state index in [1.54, 1.807) is 26.4 Å². The standard InChI is InChI=1S/C22H25N5O5/c1-30-19-7-6-16(12-20(19)31-2)14-25-8-10-26(11-9-25)15-21-23-22(24-32-21)17-4-3-5-18(13-17)27(28)29/h3-7,12-13H,8-11,14-15H2,1-2H3. The number of ether oxygens (including phenoxy) is 2. The van der Waals surface area contributed by atoms with Gasteiger partial charge in [-0.15, -0.1) is 0 Å². The fourth-order valence-corrected chi connectivity index (χ4v) is 3.73. The molecule has 3 aromatic rings. The maximum Gasteiger partial charge on any atom is 0.270 e. The van der Waals surface area contributed by atoms with Crippen LogP contribution in [0.5, 0.6) is 11.5 Å². The zero-order valence-electron chi connectivity index (χ0n) is 18.1. The maximum atomic E-state index is 11.0. The number of nitro groups is 1. The molecule has 4 rings (SSSR count). The summed E-state index contributed by atoms with van der Waals surface area (Å²) in [6.45, 7) is 4.97. The minimum absolute atomic E-state index is 0.000508. The Balaban J connectivity index is 1.31. The van der Waals surface area contributed by atoms with Crippen LogP contribution in [-0.2, 0) is 13.1 Å². The molecule has 0 amide bonds. The average Bonchev–Trinajstić information content (AvgIpc) is 3.29. The quantitative estimate of drug-likeness (QED) is 0.387. The van der Waals surface area contributed by atoms with Gasteiger partial charge in [0, 0.05) is 50.4 Å². The molecule has 0 spiro atoms. The van der Waals surface area contributed by atoms with E-state index in [0.29, 0.717) is 23.8 Å². The molecule has 2 aromatic carbocycles. The third-order valence-corrected chi connectivity index (χ3v) is 5.46. The minimum Gasteiger partial charge on any atom is -0.493 e. The van der Waals surface area contributed by atoms with Gasteiger partial charge >= 0.3 is 0 Å². The molecule has 1 aliphatic heterocycles. The van der Waals surface area contributed by atoms with Gasteiger partial charge in [0.2, 0.25) is 11.7 Å². The van der Waals surface area contributed by atoms with Gasteiger partial charge in [0.25, 0.3) is 5.69 Å². The van der Waals surface area contributed by atoms with Gasteiger partial charge < -0.3 is 14.0 Å². The molecule has 0 unspecified atom stereocenters. The van der Waals surface area contributed by atoms with Crippen molar-refractivity contribution in [2.45, 2.75) is 13.1 Å². The summed E-state index contributed by atoms with van der Waals surface area (Å²) in [5, 5.41) is 15.0. The third-order valence-electron chi connectivity index (χ3n) is 5.46. The van der Waals surface area contributed by atoms with E-state index in [0.717, 1.165) is 44.2 Å². The van der Waals surface area contributed by atoms with Gasteiger partial charge in [-0.25, -0.2) is 0 Å². The molecule has 1 fully saturated rings. The molecule has 10 nitrogen and oxygen atoms in total. The van der Waals surface area contributed by atoms with Crippen molar-refractivity contribution in [1.29, 1.82) is 0 Å². The summed E-state index contributed by atoms with van der Waals surface area (Å²) >= 11 is 0. The number of hydrogen-bond donors (Lipinski definition) is 0. The number of aromatic nitrogens is 2. The summed E-state index contributed by atoms with van der Waals surface area (Å²) in [6.07, 6.45) is 0. The minimum atomic E-state index is -0.438. The summed E-state index contributed by atoms with van der Waals surface area (Å²) in [5.41, 5.74) is 1.74. The molecule has 0 aliphatic carbocycles. The number of benzene rings is 2. The van der Waals surface area contributed by atoms with Crippen molar-refractivity contribution in [3.63, 3.8) is 0 Å². The third kappa shape index (κ3) is 5.04. The number of methoxy groups -OCH3 is 2. The van der Waals surface area contributed by atoms with Crippen molar-refractivity contribution in [2.75, 3.05) is 40.4 Å². The Morgan fingerprint density at radius 1 is 1.00 bits per heavy atom. The highest BCUT2D eigenvalue weighted by Crippen LogP contribution is 2.28. The van der Waals surface area contributed by atoms with Gasteiger partial charge in [-0.1, -0.05) is 23.4 Å². The highest BCUT2D eigenvalue weighted by atomic mass is 16.6. The normalized spacial score (nSPS) is 14.9. The Labute approximate surface area is 185 Å². The molecule has 0 radical (unpaired) electrons. The molecular formula is C22H25N5O5. The molecule has 32 heavy (non-hydrogen) atoms. The summed E-state index contributed by atoms with van der Waals surface area (Å²) in [7, 11) is 3.27. The number of hydrogen-bond acceptors (Lipinski definition) is 9. The van der Waals surface area contributed by atoms with E-state index in [-0.39, 0.29) is 5.69 Å². The molecule has 0 saturated carbocycles. The Morgan fingerprint density at radius 2 is 1.72 bits per heavy atom. The van der Waals surface area contributed by atoms with E-state index in [1.165, 1.54) is 17.7 Å². The first kappa shape index (κ1) is 21.7. The average molecular weight is 439 g/mol. The van der Waals surface area contributed by atoms with Crippen molar-refractivity contribution >= 4 is 5.69 Å². The number of non-ortho nitro benzene ring substituents is 1. The van der Waals surface area contributed by atoms with Crippen LogP contribution < -0.4 is 9.47 Å². The van der Waals surface area contributed by atoms with Crippen LogP contribution in [0.2, 0.25) is 0 Å². The van der Waals surface area contributed by atoms with Gasteiger partial charge in [0.05, 0.1) is 25.7 Å². The van der Waals surface area contributed by atoms with E-state index < -0.39 is 4.92 Å². The van der Waals surface area contributed by atoms with Crippen molar-refractivity contribution in [2.24, 2.45) is 0 Å². The molecule has 0 atom stereocenters. The molecule has 1 saturated heterocycles.